The van der Waals surface area contributed by atoms with Crippen LogP contribution in [-0.2, 0) is 16.1 Å². The number of aromatic nitrogens is 1. The number of halogens is 1. The molecule has 5 nitrogen and oxygen atoms in total. The van der Waals surface area contributed by atoms with Crippen LogP contribution in [0.4, 0.5) is 0 Å². The predicted octanol–water partition coefficient (Wildman–Crippen LogP) is 3.32. The molecule has 1 saturated heterocycles. The van der Waals surface area contributed by atoms with Crippen molar-refractivity contribution in [3.63, 3.8) is 0 Å². The normalized spacial score (nSPS) is 16.6. The summed E-state index contributed by atoms with van der Waals surface area (Å²) in [4.78, 5) is 18.6. The first kappa shape index (κ1) is 17.7. The van der Waals surface area contributed by atoms with Gasteiger partial charge in [0.1, 0.15) is 5.75 Å². The summed E-state index contributed by atoms with van der Waals surface area (Å²) >= 11 is 5.94. The van der Waals surface area contributed by atoms with Gasteiger partial charge >= 0.3 is 0 Å². The zero-order valence-corrected chi connectivity index (χ0v) is 14.7. The van der Waals surface area contributed by atoms with Crippen molar-refractivity contribution in [1.29, 1.82) is 0 Å². The number of carbonyl (C=O) groups excluding carboxylic acids is 1. The van der Waals surface area contributed by atoms with Crippen molar-refractivity contribution in [2.45, 2.75) is 25.5 Å². The third-order valence-electron chi connectivity index (χ3n) is 4.06. The summed E-state index contributed by atoms with van der Waals surface area (Å²) in [5.41, 5.74) is 0.983. The molecule has 1 amide bonds. The molecule has 2 heterocycles. The van der Waals surface area contributed by atoms with E-state index in [0.717, 1.165) is 25.0 Å². The van der Waals surface area contributed by atoms with E-state index in [1.807, 2.05) is 12.1 Å². The van der Waals surface area contributed by atoms with Crippen molar-refractivity contribution < 1.29 is 14.3 Å². The van der Waals surface area contributed by atoms with Gasteiger partial charge in [-0.2, -0.15) is 0 Å². The molecule has 1 aliphatic heterocycles. The van der Waals surface area contributed by atoms with E-state index in [2.05, 4.69) is 4.98 Å². The number of pyridine rings is 1. The first-order valence-electron chi connectivity index (χ1n) is 8.37. The molecule has 6 heteroatoms. The van der Waals surface area contributed by atoms with Gasteiger partial charge in [-0.3, -0.25) is 9.78 Å². The fraction of sp³-hybridized carbons (Fsp3) is 0.368. The van der Waals surface area contributed by atoms with Gasteiger partial charge in [0, 0.05) is 37.1 Å². The predicted molar refractivity (Wildman–Crippen MR) is 95.6 cm³/mol. The SMILES string of the molecule is O=C(COc1cccc(Cl)c1)N(Cc1cccnc1)CC1CCCO1. The van der Waals surface area contributed by atoms with E-state index in [1.54, 1.807) is 41.6 Å². The Morgan fingerprint density at radius 2 is 2.28 bits per heavy atom. The third kappa shape index (κ3) is 5.44. The molecule has 25 heavy (non-hydrogen) atoms. The highest BCUT2D eigenvalue weighted by molar-refractivity contribution is 6.30. The third-order valence-corrected chi connectivity index (χ3v) is 4.29. The maximum atomic E-state index is 12.7. The monoisotopic (exact) mass is 360 g/mol. The van der Waals surface area contributed by atoms with Crippen LogP contribution in [0.3, 0.4) is 0 Å². The summed E-state index contributed by atoms with van der Waals surface area (Å²) < 4.78 is 11.3. The first-order valence-corrected chi connectivity index (χ1v) is 8.75. The standard InChI is InChI=1S/C19H21ClN2O3/c20-16-5-1-6-17(10-16)25-14-19(23)22(13-18-7-3-9-24-18)12-15-4-2-8-21-11-15/h1-2,4-6,8,10-11,18H,3,7,9,12-14H2. The minimum absolute atomic E-state index is 0.0344. The second-order valence-corrected chi connectivity index (χ2v) is 6.45. The number of ether oxygens (including phenoxy) is 2. The second-order valence-electron chi connectivity index (χ2n) is 6.02. The molecule has 0 saturated carbocycles. The van der Waals surface area contributed by atoms with Crippen LogP contribution in [0, 0.1) is 0 Å². The van der Waals surface area contributed by atoms with Gasteiger partial charge in [0.15, 0.2) is 6.61 Å². The molecule has 0 radical (unpaired) electrons. The molecule has 1 aliphatic rings. The summed E-state index contributed by atoms with van der Waals surface area (Å²) in [5, 5.41) is 0.580. The topological polar surface area (TPSA) is 51.7 Å². The molecule has 1 aromatic heterocycles. The van der Waals surface area contributed by atoms with Gasteiger partial charge in [0.25, 0.3) is 5.91 Å². The Morgan fingerprint density at radius 1 is 1.36 bits per heavy atom. The molecule has 1 unspecified atom stereocenters. The van der Waals surface area contributed by atoms with E-state index in [4.69, 9.17) is 21.1 Å². The Kier molecular flexibility index (Phi) is 6.25. The maximum absolute atomic E-state index is 12.7. The molecule has 0 aliphatic carbocycles. The number of nitrogens with zero attached hydrogens (tertiary/aromatic N) is 2. The highest BCUT2D eigenvalue weighted by Gasteiger charge is 2.23. The van der Waals surface area contributed by atoms with E-state index in [9.17, 15) is 4.79 Å². The summed E-state index contributed by atoms with van der Waals surface area (Å²) in [5.74, 6) is 0.499. The Labute approximate surface area is 152 Å². The average Bonchev–Trinajstić information content (AvgIpc) is 3.13. The van der Waals surface area contributed by atoms with Crippen molar-refractivity contribution in [3.05, 3.63) is 59.4 Å². The van der Waals surface area contributed by atoms with E-state index in [-0.39, 0.29) is 18.6 Å². The number of benzene rings is 1. The van der Waals surface area contributed by atoms with Gasteiger partial charge in [-0.25, -0.2) is 0 Å². The lowest BCUT2D eigenvalue weighted by atomic mass is 10.2. The number of rotatable bonds is 7. The van der Waals surface area contributed by atoms with Crippen molar-refractivity contribution in [3.8, 4) is 5.75 Å². The zero-order chi connectivity index (χ0) is 17.5. The molecular weight excluding hydrogens is 340 g/mol. The molecule has 132 valence electrons. The minimum Gasteiger partial charge on any atom is -0.484 e. The van der Waals surface area contributed by atoms with Gasteiger partial charge in [-0.1, -0.05) is 23.7 Å². The van der Waals surface area contributed by atoms with E-state index in [1.165, 1.54) is 0 Å². The molecule has 0 spiro atoms. The lowest BCUT2D eigenvalue weighted by Crippen LogP contribution is -2.39. The van der Waals surface area contributed by atoms with Crippen molar-refractivity contribution in [2.24, 2.45) is 0 Å². The van der Waals surface area contributed by atoms with Crippen LogP contribution in [0.2, 0.25) is 5.02 Å². The maximum Gasteiger partial charge on any atom is 0.260 e. The van der Waals surface area contributed by atoms with Crippen molar-refractivity contribution >= 4 is 17.5 Å². The molecule has 0 bridgehead atoms. The zero-order valence-electron chi connectivity index (χ0n) is 13.9. The molecule has 1 fully saturated rings. The van der Waals surface area contributed by atoms with Crippen LogP contribution in [0.25, 0.3) is 0 Å². The summed E-state index contributed by atoms with van der Waals surface area (Å²) in [7, 11) is 0. The van der Waals surface area contributed by atoms with Gasteiger partial charge in [-0.05, 0) is 42.7 Å². The lowest BCUT2D eigenvalue weighted by molar-refractivity contribution is -0.135. The van der Waals surface area contributed by atoms with Gasteiger partial charge in [-0.15, -0.1) is 0 Å². The summed E-state index contributed by atoms with van der Waals surface area (Å²) in [6, 6.07) is 10.9. The van der Waals surface area contributed by atoms with Crippen LogP contribution < -0.4 is 4.74 Å². The molecular formula is C19H21ClN2O3. The Balaban J connectivity index is 1.63. The quantitative estimate of drug-likeness (QED) is 0.760. The fourth-order valence-electron chi connectivity index (χ4n) is 2.79. The van der Waals surface area contributed by atoms with E-state index >= 15 is 0 Å². The smallest absolute Gasteiger partial charge is 0.260 e. The number of hydrogen-bond donors (Lipinski definition) is 0. The largest absolute Gasteiger partial charge is 0.484 e. The van der Waals surface area contributed by atoms with Gasteiger partial charge in [0.05, 0.1) is 6.10 Å². The average molecular weight is 361 g/mol. The molecule has 0 N–H and O–H groups in total. The van der Waals surface area contributed by atoms with Crippen LogP contribution in [0.5, 0.6) is 5.75 Å². The molecule has 3 rings (SSSR count). The molecule has 2 aromatic rings. The number of amides is 1. The van der Waals surface area contributed by atoms with Gasteiger partial charge < -0.3 is 14.4 Å². The second kappa shape index (κ2) is 8.83. The lowest BCUT2D eigenvalue weighted by Gasteiger charge is -2.25. The van der Waals surface area contributed by atoms with Crippen LogP contribution >= 0.6 is 11.6 Å². The highest BCUT2D eigenvalue weighted by atomic mass is 35.5. The minimum atomic E-state index is -0.0840. The number of carbonyl (C=O) groups is 1. The highest BCUT2D eigenvalue weighted by Crippen LogP contribution is 2.18. The van der Waals surface area contributed by atoms with Crippen molar-refractivity contribution in [1.82, 2.24) is 9.88 Å². The van der Waals surface area contributed by atoms with E-state index < -0.39 is 0 Å². The number of hydrogen-bond acceptors (Lipinski definition) is 4. The molecule has 1 aromatic carbocycles. The van der Waals surface area contributed by atoms with Crippen LogP contribution in [-0.4, -0.2) is 41.7 Å². The van der Waals surface area contributed by atoms with E-state index in [0.29, 0.717) is 23.9 Å². The summed E-state index contributed by atoms with van der Waals surface area (Å²) in [6.07, 6.45) is 5.60. The fourth-order valence-corrected chi connectivity index (χ4v) is 2.97. The first-order chi connectivity index (χ1) is 12.2. The van der Waals surface area contributed by atoms with Crippen LogP contribution in [0.15, 0.2) is 48.8 Å². The van der Waals surface area contributed by atoms with Gasteiger partial charge in [0.2, 0.25) is 0 Å². The van der Waals surface area contributed by atoms with Crippen LogP contribution in [0.1, 0.15) is 18.4 Å². The Morgan fingerprint density at radius 3 is 3.00 bits per heavy atom. The van der Waals surface area contributed by atoms with Crippen molar-refractivity contribution in [2.75, 3.05) is 19.8 Å². The Bertz CT molecular complexity index is 690. The summed E-state index contributed by atoms with van der Waals surface area (Å²) in [6.45, 7) is 1.78. The molecule has 1 atom stereocenters. The Hall–Kier alpha value is -2.11.